The molecule has 0 spiro atoms. The van der Waals surface area contributed by atoms with E-state index in [-0.39, 0.29) is 0 Å². The Hall–Kier alpha value is -0.220. The normalized spacial score (nSPS) is 30.6. The first-order chi connectivity index (χ1) is 7.74. The van der Waals surface area contributed by atoms with Gasteiger partial charge in [-0.3, -0.25) is 4.99 Å². The van der Waals surface area contributed by atoms with Crippen molar-refractivity contribution in [2.75, 3.05) is 19.8 Å². The quantitative estimate of drug-likeness (QED) is 0.824. The summed E-state index contributed by atoms with van der Waals surface area (Å²) >= 11 is 1.92. The summed E-state index contributed by atoms with van der Waals surface area (Å²) < 4.78 is 5.46. The Balaban J connectivity index is 1.71. The Morgan fingerprint density at radius 3 is 3.12 bits per heavy atom. The van der Waals surface area contributed by atoms with Gasteiger partial charge in [-0.2, -0.15) is 0 Å². The van der Waals surface area contributed by atoms with E-state index >= 15 is 0 Å². The number of hydrogen-bond acceptors (Lipinski definition) is 4. The molecule has 0 aromatic heterocycles. The third-order valence-corrected chi connectivity index (χ3v) is 4.08. The molecule has 0 aromatic carbocycles. The Labute approximate surface area is 102 Å². The molecule has 4 heteroatoms. The van der Waals surface area contributed by atoms with Crippen molar-refractivity contribution in [1.82, 2.24) is 5.32 Å². The molecule has 1 saturated heterocycles. The summed E-state index contributed by atoms with van der Waals surface area (Å²) in [5, 5.41) is 5.34. The van der Waals surface area contributed by atoms with Crippen molar-refractivity contribution in [2.24, 2.45) is 10.9 Å². The minimum atomic E-state index is 0.484. The van der Waals surface area contributed by atoms with Crippen LogP contribution in [0.5, 0.6) is 0 Å². The first-order valence-corrected chi connectivity index (χ1v) is 7.17. The second-order valence-electron chi connectivity index (χ2n) is 5.07. The Morgan fingerprint density at radius 1 is 1.56 bits per heavy atom. The molecule has 0 radical (unpaired) electrons. The summed E-state index contributed by atoms with van der Waals surface area (Å²) in [5.41, 5.74) is 0. The van der Waals surface area contributed by atoms with Crippen LogP contribution in [0.15, 0.2) is 4.99 Å². The maximum atomic E-state index is 5.46. The fourth-order valence-corrected chi connectivity index (χ4v) is 3.50. The SMILES string of the molecule is CC(C)CC1CN=C(NC2CCCOC2)S1. The lowest BCUT2D eigenvalue weighted by Gasteiger charge is -2.23. The van der Waals surface area contributed by atoms with Gasteiger partial charge in [0.25, 0.3) is 0 Å². The number of aliphatic imine (C=N–C) groups is 1. The van der Waals surface area contributed by atoms with Crippen LogP contribution in [-0.2, 0) is 4.74 Å². The minimum absolute atomic E-state index is 0.484. The maximum absolute atomic E-state index is 5.46. The van der Waals surface area contributed by atoms with Gasteiger partial charge in [-0.25, -0.2) is 0 Å². The standard InChI is InChI=1S/C12H22N2OS/c1-9(2)6-11-7-13-12(16-11)14-10-4-3-5-15-8-10/h9-11H,3-8H2,1-2H3,(H,13,14). The second-order valence-corrected chi connectivity index (χ2v) is 6.36. The first-order valence-electron chi connectivity index (χ1n) is 6.29. The lowest BCUT2D eigenvalue weighted by molar-refractivity contribution is 0.0767. The van der Waals surface area contributed by atoms with Crippen molar-refractivity contribution in [3.05, 3.63) is 0 Å². The number of nitrogens with zero attached hydrogens (tertiary/aromatic N) is 1. The van der Waals surface area contributed by atoms with E-state index < -0.39 is 0 Å². The highest BCUT2D eigenvalue weighted by Crippen LogP contribution is 2.26. The molecule has 1 fully saturated rings. The molecule has 2 aliphatic rings. The van der Waals surface area contributed by atoms with Gasteiger partial charge >= 0.3 is 0 Å². The Kier molecular flexibility index (Phi) is 4.53. The summed E-state index contributed by atoms with van der Waals surface area (Å²) in [7, 11) is 0. The number of thioether (sulfide) groups is 1. The van der Waals surface area contributed by atoms with Crippen molar-refractivity contribution < 1.29 is 4.74 Å². The monoisotopic (exact) mass is 242 g/mol. The highest BCUT2D eigenvalue weighted by Gasteiger charge is 2.23. The topological polar surface area (TPSA) is 33.6 Å². The number of amidine groups is 1. The first kappa shape index (κ1) is 12.2. The smallest absolute Gasteiger partial charge is 0.157 e. The van der Waals surface area contributed by atoms with Crippen LogP contribution < -0.4 is 5.32 Å². The van der Waals surface area contributed by atoms with Crippen LogP contribution in [0.2, 0.25) is 0 Å². The van der Waals surface area contributed by atoms with Gasteiger partial charge in [-0.15, -0.1) is 0 Å². The van der Waals surface area contributed by atoms with E-state index in [1.807, 2.05) is 11.8 Å². The van der Waals surface area contributed by atoms with Crippen LogP contribution in [0.4, 0.5) is 0 Å². The summed E-state index contributed by atoms with van der Waals surface area (Å²) in [6.45, 7) is 7.31. The van der Waals surface area contributed by atoms with Crippen LogP contribution >= 0.6 is 11.8 Å². The van der Waals surface area contributed by atoms with Gasteiger partial charge in [0.1, 0.15) is 0 Å². The molecule has 16 heavy (non-hydrogen) atoms. The highest BCUT2D eigenvalue weighted by molar-refractivity contribution is 8.14. The minimum Gasteiger partial charge on any atom is -0.379 e. The molecule has 2 unspecified atom stereocenters. The second kappa shape index (κ2) is 5.92. The largest absolute Gasteiger partial charge is 0.379 e. The molecule has 3 nitrogen and oxygen atoms in total. The molecule has 0 aromatic rings. The van der Waals surface area contributed by atoms with E-state index in [0.717, 1.165) is 30.8 Å². The molecular weight excluding hydrogens is 220 g/mol. The Bertz CT molecular complexity index is 249. The fraction of sp³-hybridized carbons (Fsp3) is 0.917. The molecule has 1 N–H and O–H groups in total. The average Bonchev–Trinajstić information content (AvgIpc) is 2.66. The van der Waals surface area contributed by atoms with Crippen LogP contribution in [0, 0.1) is 5.92 Å². The van der Waals surface area contributed by atoms with Gasteiger partial charge in [-0.05, 0) is 25.2 Å². The zero-order valence-corrected chi connectivity index (χ0v) is 11.1. The zero-order chi connectivity index (χ0) is 11.4. The van der Waals surface area contributed by atoms with E-state index in [1.165, 1.54) is 19.3 Å². The summed E-state index contributed by atoms with van der Waals surface area (Å²) in [5.74, 6) is 0.769. The molecule has 92 valence electrons. The molecule has 0 aliphatic carbocycles. The van der Waals surface area contributed by atoms with Crippen molar-refractivity contribution in [2.45, 2.75) is 44.4 Å². The van der Waals surface area contributed by atoms with Crippen molar-refractivity contribution >= 4 is 16.9 Å². The van der Waals surface area contributed by atoms with Gasteiger partial charge in [-0.1, -0.05) is 25.6 Å². The van der Waals surface area contributed by atoms with Gasteiger partial charge in [0.05, 0.1) is 19.2 Å². The van der Waals surface area contributed by atoms with Crippen LogP contribution in [0.1, 0.15) is 33.1 Å². The predicted molar refractivity (Wildman–Crippen MR) is 70.1 cm³/mol. The van der Waals surface area contributed by atoms with E-state index in [0.29, 0.717) is 11.3 Å². The molecule has 2 heterocycles. The lowest BCUT2D eigenvalue weighted by atomic mass is 10.1. The molecule has 2 rings (SSSR count). The average molecular weight is 242 g/mol. The molecule has 2 aliphatic heterocycles. The van der Waals surface area contributed by atoms with E-state index in [9.17, 15) is 0 Å². The molecule has 2 atom stereocenters. The number of ether oxygens (including phenoxy) is 1. The van der Waals surface area contributed by atoms with E-state index in [2.05, 4.69) is 24.2 Å². The van der Waals surface area contributed by atoms with Crippen LogP contribution in [-0.4, -0.2) is 36.2 Å². The van der Waals surface area contributed by atoms with Crippen molar-refractivity contribution in [1.29, 1.82) is 0 Å². The summed E-state index contributed by atoms with van der Waals surface area (Å²) in [6.07, 6.45) is 3.65. The van der Waals surface area contributed by atoms with Gasteiger partial charge in [0.2, 0.25) is 0 Å². The fourth-order valence-electron chi connectivity index (χ4n) is 2.17. The van der Waals surface area contributed by atoms with Gasteiger partial charge < -0.3 is 10.1 Å². The number of nitrogens with one attached hydrogen (secondary N) is 1. The highest BCUT2D eigenvalue weighted by atomic mass is 32.2. The maximum Gasteiger partial charge on any atom is 0.157 e. The molecule has 0 saturated carbocycles. The van der Waals surface area contributed by atoms with E-state index in [1.54, 1.807) is 0 Å². The zero-order valence-electron chi connectivity index (χ0n) is 10.2. The number of rotatable bonds is 3. The van der Waals surface area contributed by atoms with Gasteiger partial charge in [0.15, 0.2) is 5.17 Å². The third kappa shape index (κ3) is 3.67. The van der Waals surface area contributed by atoms with Crippen molar-refractivity contribution in [3.63, 3.8) is 0 Å². The molecule has 0 bridgehead atoms. The summed E-state index contributed by atoms with van der Waals surface area (Å²) in [4.78, 5) is 4.58. The molecule has 0 amide bonds. The van der Waals surface area contributed by atoms with Crippen molar-refractivity contribution in [3.8, 4) is 0 Å². The molecular formula is C12H22N2OS. The number of hydrogen-bond donors (Lipinski definition) is 1. The summed E-state index contributed by atoms with van der Waals surface area (Å²) in [6, 6.07) is 0.484. The third-order valence-electron chi connectivity index (χ3n) is 2.94. The van der Waals surface area contributed by atoms with E-state index in [4.69, 9.17) is 4.74 Å². The van der Waals surface area contributed by atoms with Crippen LogP contribution in [0.3, 0.4) is 0 Å². The lowest BCUT2D eigenvalue weighted by Crippen LogP contribution is -2.39. The predicted octanol–water partition coefficient (Wildman–Crippen LogP) is 2.27. The van der Waals surface area contributed by atoms with Gasteiger partial charge in [0, 0.05) is 11.9 Å². The Morgan fingerprint density at radius 2 is 2.44 bits per heavy atom. The van der Waals surface area contributed by atoms with Crippen LogP contribution in [0.25, 0.3) is 0 Å².